The second-order valence-electron chi connectivity index (χ2n) is 7.38. The summed E-state index contributed by atoms with van der Waals surface area (Å²) in [4.78, 5) is 20.1. The molecule has 2 aromatic heterocycles. The maximum absolute atomic E-state index is 12.6. The standard InChI is InChI=1S/C24H20N4O2S2/c25-22-21(24-27-18-8-1-2-9-20(18)32-24)19(29)14-28(22)16-6-3-5-15(13-16)23(30)26-11-10-17-7-4-12-31-17/h1-9,12-13,25,29H,10-11,14H2,(H,26,30). The lowest BCUT2D eigenvalue weighted by molar-refractivity contribution is 0.0954. The number of carbonyl (C=O) groups is 1. The number of benzene rings is 2. The number of thiazole rings is 1. The van der Waals surface area contributed by atoms with Crippen LogP contribution in [-0.2, 0) is 6.42 Å². The van der Waals surface area contributed by atoms with Crippen LogP contribution in [0, 0.1) is 5.41 Å². The molecule has 160 valence electrons. The van der Waals surface area contributed by atoms with Crippen LogP contribution in [0.25, 0.3) is 15.8 Å². The number of hydrogen-bond donors (Lipinski definition) is 3. The lowest BCUT2D eigenvalue weighted by Gasteiger charge is -2.19. The van der Waals surface area contributed by atoms with Crippen molar-refractivity contribution < 1.29 is 9.90 Å². The zero-order valence-corrected chi connectivity index (χ0v) is 18.7. The van der Waals surface area contributed by atoms with Crippen molar-refractivity contribution >= 4 is 55.9 Å². The number of aromatic nitrogens is 1. The summed E-state index contributed by atoms with van der Waals surface area (Å²) in [6.45, 7) is 0.737. The number of nitrogens with one attached hydrogen (secondary N) is 2. The molecule has 0 spiro atoms. The zero-order valence-electron chi connectivity index (χ0n) is 17.0. The first kappa shape index (κ1) is 20.4. The summed E-state index contributed by atoms with van der Waals surface area (Å²) in [5.41, 5.74) is 2.50. The molecule has 4 aromatic rings. The highest BCUT2D eigenvalue weighted by molar-refractivity contribution is 7.19. The van der Waals surface area contributed by atoms with Crippen molar-refractivity contribution in [3.05, 3.63) is 87.3 Å². The van der Waals surface area contributed by atoms with Gasteiger partial charge in [-0.2, -0.15) is 0 Å². The third-order valence-electron chi connectivity index (χ3n) is 5.27. The molecule has 8 heteroatoms. The van der Waals surface area contributed by atoms with Gasteiger partial charge in [0.1, 0.15) is 16.6 Å². The Morgan fingerprint density at radius 3 is 2.84 bits per heavy atom. The van der Waals surface area contributed by atoms with Gasteiger partial charge in [0.2, 0.25) is 0 Å². The molecular weight excluding hydrogens is 440 g/mol. The second kappa shape index (κ2) is 8.57. The summed E-state index contributed by atoms with van der Waals surface area (Å²) in [6.07, 6.45) is 0.795. The Labute approximate surface area is 193 Å². The van der Waals surface area contributed by atoms with E-state index >= 15 is 0 Å². The Bertz CT molecular complexity index is 1310. The molecule has 3 heterocycles. The van der Waals surface area contributed by atoms with Crippen LogP contribution < -0.4 is 10.2 Å². The molecule has 3 N–H and O–H groups in total. The Morgan fingerprint density at radius 2 is 2.03 bits per heavy atom. The van der Waals surface area contributed by atoms with Gasteiger partial charge in [-0.15, -0.1) is 22.7 Å². The van der Waals surface area contributed by atoms with E-state index in [9.17, 15) is 9.90 Å². The summed E-state index contributed by atoms with van der Waals surface area (Å²) in [6, 6.07) is 19.0. The zero-order chi connectivity index (χ0) is 22.1. The molecular formula is C24H20N4O2S2. The average molecular weight is 461 g/mol. The molecule has 0 unspecified atom stereocenters. The number of para-hydroxylation sites is 1. The van der Waals surface area contributed by atoms with E-state index in [0.29, 0.717) is 28.4 Å². The lowest BCUT2D eigenvalue weighted by Crippen LogP contribution is -2.28. The lowest BCUT2D eigenvalue weighted by atomic mass is 10.1. The molecule has 0 saturated heterocycles. The van der Waals surface area contributed by atoms with Gasteiger partial charge in [-0.1, -0.05) is 24.3 Å². The predicted octanol–water partition coefficient (Wildman–Crippen LogP) is 5.10. The van der Waals surface area contributed by atoms with Gasteiger partial charge in [0.25, 0.3) is 5.91 Å². The minimum absolute atomic E-state index is 0.111. The molecule has 32 heavy (non-hydrogen) atoms. The van der Waals surface area contributed by atoms with Crippen LogP contribution in [0.2, 0.25) is 0 Å². The minimum Gasteiger partial charge on any atom is -0.510 e. The van der Waals surface area contributed by atoms with Gasteiger partial charge in [-0.25, -0.2) is 4.98 Å². The molecule has 0 fully saturated rings. The summed E-state index contributed by atoms with van der Waals surface area (Å²) >= 11 is 3.13. The summed E-state index contributed by atoms with van der Waals surface area (Å²) in [5.74, 6) is 0.134. The number of thiophene rings is 1. The minimum atomic E-state index is -0.155. The van der Waals surface area contributed by atoms with Gasteiger partial charge in [0.15, 0.2) is 0 Å². The van der Waals surface area contributed by atoms with Crippen molar-refractivity contribution in [3.8, 4) is 0 Å². The summed E-state index contributed by atoms with van der Waals surface area (Å²) in [7, 11) is 0. The average Bonchev–Trinajstić information content (AvgIpc) is 3.52. The van der Waals surface area contributed by atoms with Gasteiger partial charge in [0, 0.05) is 22.7 Å². The van der Waals surface area contributed by atoms with E-state index in [0.717, 1.165) is 16.6 Å². The van der Waals surface area contributed by atoms with Gasteiger partial charge < -0.3 is 15.3 Å². The molecule has 1 aliphatic heterocycles. The molecule has 0 saturated carbocycles. The fraction of sp³-hybridized carbons (Fsp3) is 0.125. The van der Waals surface area contributed by atoms with E-state index in [1.165, 1.54) is 16.2 Å². The number of amides is 1. The third-order valence-corrected chi connectivity index (χ3v) is 7.26. The maximum Gasteiger partial charge on any atom is 0.251 e. The van der Waals surface area contributed by atoms with Gasteiger partial charge in [-0.3, -0.25) is 10.2 Å². The molecule has 0 atom stereocenters. The van der Waals surface area contributed by atoms with E-state index in [2.05, 4.69) is 16.4 Å². The largest absolute Gasteiger partial charge is 0.510 e. The van der Waals surface area contributed by atoms with Crippen molar-refractivity contribution in [2.45, 2.75) is 6.42 Å². The first-order chi connectivity index (χ1) is 15.6. The quantitative estimate of drug-likeness (QED) is 0.374. The van der Waals surface area contributed by atoms with Gasteiger partial charge >= 0.3 is 0 Å². The van der Waals surface area contributed by atoms with Gasteiger partial charge in [0.05, 0.1) is 22.3 Å². The molecule has 1 aliphatic rings. The monoisotopic (exact) mass is 460 g/mol. The number of hydrogen-bond acceptors (Lipinski definition) is 6. The topological polar surface area (TPSA) is 89.3 Å². The normalized spacial score (nSPS) is 13.9. The molecule has 0 bridgehead atoms. The van der Waals surface area contributed by atoms with Crippen LogP contribution in [-0.4, -0.2) is 34.9 Å². The summed E-state index contributed by atoms with van der Waals surface area (Å²) in [5, 5.41) is 24.9. The smallest absolute Gasteiger partial charge is 0.251 e. The Hall–Kier alpha value is -3.49. The highest BCUT2D eigenvalue weighted by atomic mass is 32.1. The highest BCUT2D eigenvalue weighted by Gasteiger charge is 2.31. The van der Waals surface area contributed by atoms with E-state index in [1.54, 1.807) is 34.4 Å². The van der Waals surface area contributed by atoms with Crippen LogP contribution >= 0.6 is 22.7 Å². The number of carbonyl (C=O) groups excluding carboxylic acids is 1. The number of fused-ring (bicyclic) bond motifs is 1. The van der Waals surface area contributed by atoms with Crippen LogP contribution in [0.1, 0.15) is 20.2 Å². The van der Waals surface area contributed by atoms with Gasteiger partial charge in [-0.05, 0) is 48.2 Å². The van der Waals surface area contributed by atoms with Crippen LogP contribution in [0.5, 0.6) is 0 Å². The fourth-order valence-electron chi connectivity index (χ4n) is 3.67. The number of aliphatic hydroxyl groups excluding tert-OH is 1. The number of nitrogens with zero attached hydrogens (tertiary/aromatic N) is 2. The molecule has 2 aromatic carbocycles. The number of amidine groups is 1. The predicted molar refractivity (Wildman–Crippen MR) is 131 cm³/mol. The van der Waals surface area contributed by atoms with Crippen molar-refractivity contribution in [3.63, 3.8) is 0 Å². The van der Waals surface area contributed by atoms with Crippen molar-refractivity contribution in [2.75, 3.05) is 18.0 Å². The molecule has 6 nitrogen and oxygen atoms in total. The van der Waals surface area contributed by atoms with E-state index < -0.39 is 0 Å². The van der Waals surface area contributed by atoms with Crippen LogP contribution in [0.4, 0.5) is 5.69 Å². The first-order valence-electron chi connectivity index (χ1n) is 10.2. The Balaban J connectivity index is 1.32. The van der Waals surface area contributed by atoms with E-state index in [1.807, 2.05) is 41.8 Å². The molecule has 0 radical (unpaired) electrons. The number of anilines is 1. The van der Waals surface area contributed by atoms with Crippen LogP contribution in [0.15, 0.2) is 71.8 Å². The van der Waals surface area contributed by atoms with Crippen molar-refractivity contribution in [1.82, 2.24) is 10.3 Å². The number of rotatable bonds is 6. The Morgan fingerprint density at radius 1 is 1.16 bits per heavy atom. The number of aliphatic hydroxyl groups is 1. The first-order valence-corrected chi connectivity index (χ1v) is 11.8. The molecule has 5 rings (SSSR count). The van der Waals surface area contributed by atoms with Crippen molar-refractivity contribution in [2.24, 2.45) is 0 Å². The summed E-state index contributed by atoms with van der Waals surface area (Å²) < 4.78 is 1.01. The van der Waals surface area contributed by atoms with E-state index in [4.69, 9.17) is 5.41 Å². The fourth-order valence-corrected chi connectivity index (χ4v) is 5.42. The highest BCUT2D eigenvalue weighted by Crippen LogP contribution is 2.35. The molecule has 0 aliphatic carbocycles. The SMILES string of the molecule is N=C1C(c2nc3ccccc3s2)=C(O)CN1c1cccc(C(=O)NCCc2cccs2)c1. The van der Waals surface area contributed by atoms with E-state index in [-0.39, 0.29) is 24.0 Å². The maximum atomic E-state index is 12.6. The van der Waals surface area contributed by atoms with Crippen molar-refractivity contribution in [1.29, 1.82) is 5.41 Å². The third kappa shape index (κ3) is 3.90. The van der Waals surface area contributed by atoms with Crippen LogP contribution in [0.3, 0.4) is 0 Å². The second-order valence-corrected chi connectivity index (χ2v) is 9.44. The molecule has 1 amide bonds. The Kier molecular flexibility index (Phi) is 5.46.